The fourth-order valence-electron chi connectivity index (χ4n) is 6.18. The molecule has 1 saturated heterocycles. The van der Waals surface area contributed by atoms with Gasteiger partial charge in [-0.2, -0.15) is 0 Å². The number of anilines is 2. The van der Waals surface area contributed by atoms with E-state index in [1.54, 1.807) is 36.0 Å². The first-order valence-electron chi connectivity index (χ1n) is 17.2. The molecule has 1 heterocycles. The second kappa shape index (κ2) is 17.8. The third-order valence-electron chi connectivity index (χ3n) is 8.97. The predicted molar refractivity (Wildman–Crippen MR) is 212 cm³/mol. The van der Waals surface area contributed by atoms with Gasteiger partial charge in [0.1, 0.15) is 5.69 Å². The Hall–Kier alpha value is -4.88. The van der Waals surface area contributed by atoms with E-state index in [0.29, 0.717) is 23.9 Å². The standard InChI is InChI=1S/C40H39ClN4O6S2/c41-32-14-10-30(11-15-32)37-9-5-4-6-29(37)22-26-51-34-20-24-44(25-21-34)33-16-12-31(13-17-33)40(46)43-53(49,50)36-18-19-38(39(28-36)45(47)48)42-23-27-52-35-7-2-1-3-8-35/h1-19,28,34,42H,20-27H2,(H,43,46). The van der Waals surface area contributed by atoms with Crippen molar-refractivity contribution in [2.75, 3.05) is 42.2 Å². The molecule has 0 spiro atoms. The zero-order valence-electron chi connectivity index (χ0n) is 28.8. The first-order chi connectivity index (χ1) is 25.7. The fraction of sp³-hybridized carbons (Fsp3) is 0.225. The molecule has 10 nitrogen and oxygen atoms in total. The molecule has 1 fully saturated rings. The van der Waals surface area contributed by atoms with Crippen molar-refractivity contribution in [2.24, 2.45) is 0 Å². The smallest absolute Gasteiger partial charge is 0.293 e. The second-order valence-corrected chi connectivity index (χ2v) is 15.8. The number of hydrogen-bond acceptors (Lipinski definition) is 9. The van der Waals surface area contributed by atoms with Crippen LogP contribution in [-0.4, -0.2) is 57.3 Å². The molecular weight excluding hydrogens is 732 g/mol. The maximum Gasteiger partial charge on any atom is 0.293 e. The molecule has 6 rings (SSSR count). The van der Waals surface area contributed by atoms with E-state index >= 15 is 0 Å². The Morgan fingerprint density at radius 2 is 1.60 bits per heavy atom. The van der Waals surface area contributed by atoms with Crippen molar-refractivity contribution in [3.63, 3.8) is 0 Å². The van der Waals surface area contributed by atoms with Crippen LogP contribution in [0.4, 0.5) is 17.1 Å². The average molecular weight is 771 g/mol. The summed E-state index contributed by atoms with van der Waals surface area (Å²) >= 11 is 7.67. The maximum absolute atomic E-state index is 13.1. The van der Waals surface area contributed by atoms with Crippen LogP contribution in [0.5, 0.6) is 0 Å². The molecule has 274 valence electrons. The van der Waals surface area contributed by atoms with E-state index in [4.69, 9.17) is 16.3 Å². The second-order valence-electron chi connectivity index (χ2n) is 12.5. The molecule has 1 aliphatic heterocycles. The van der Waals surface area contributed by atoms with Gasteiger partial charge in [-0.15, -0.1) is 11.8 Å². The van der Waals surface area contributed by atoms with E-state index in [0.717, 1.165) is 54.6 Å². The Morgan fingerprint density at radius 1 is 0.906 bits per heavy atom. The van der Waals surface area contributed by atoms with E-state index in [-0.39, 0.29) is 22.3 Å². The molecule has 0 unspecified atom stereocenters. The Morgan fingerprint density at radius 3 is 2.32 bits per heavy atom. The summed E-state index contributed by atoms with van der Waals surface area (Å²) in [4.78, 5) is 27.0. The zero-order valence-corrected chi connectivity index (χ0v) is 31.2. The highest BCUT2D eigenvalue weighted by molar-refractivity contribution is 7.99. The summed E-state index contributed by atoms with van der Waals surface area (Å²) in [5.74, 6) is -0.185. The number of amides is 1. The topological polar surface area (TPSA) is 131 Å². The van der Waals surface area contributed by atoms with Gasteiger partial charge in [0.15, 0.2) is 0 Å². The molecule has 5 aromatic rings. The van der Waals surface area contributed by atoms with Crippen LogP contribution in [-0.2, 0) is 21.2 Å². The summed E-state index contributed by atoms with van der Waals surface area (Å²) in [6, 6.07) is 36.2. The molecular formula is C40H39ClN4O6S2. The van der Waals surface area contributed by atoms with E-state index in [1.807, 2.05) is 71.5 Å². The largest absolute Gasteiger partial charge is 0.379 e. The van der Waals surface area contributed by atoms with E-state index in [2.05, 4.69) is 22.3 Å². The van der Waals surface area contributed by atoms with Crippen LogP contribution in [0.25, 0.3) is 11.1 Å². The minimum Gasteiger partial charge on any atom is -0.379 e. The summed E-state index contributed by atoms with van der Waals surface area (Å²) in [6.45, 7) is 2.60. The number of thioether (sulfide) groups is 1. The summed E-state index contributed by atoms with van der Waals surface area (Å²) in [7, 11) is -4.39. The first kappa shape index (κ1) is 37.9. The van der Waals surface area contributed by atoms with Gasteiger partial charge in [0, 0.05) is 52.6 Å². The monoisotopic (exact) mass is 770 g/mol. The number of benzene rings is 5. The molecule has 0 atom stereocenters. The molecule has 1 aliphatic rings. The number of sulfonamides is 1. The van der Waals surface area contributed by atoms with Crippen LogP contribution in [0.3, 0.4) is 0 Å². The molecule has 0 aliphatic carbocycles. The normalized spacial score (nSPS) is 13.4. The van der Waals surface area contributed by atoms with Crippen molar-refractivity contribution in [2.45, 2.75) is 35.2 Å². The van der Waals surface area contributed by atoms with Crippen molar-refractivity contribution in [3.8, 4) is 11.1 Å². The summed E-state index contributed by atoms with van der Waals surface area (Å²) in [6.07, 6.45) is 2.65. The lowest BCUT2D eigenvalue weighted by molar-refractivity contribution is -0.384. The van der Waals surface area contributed by atoms with Gasteiger partial charge < -0.3 is 15.0 Å². The van der Waals surface area contributed by atoms with Gasteiger partial charge >= 0.3 is 0 Å². The van der Waals surface area contributed by atoms with Gasteiger partial charge in [0.05, 0.1) is 22.5 Å². The third-order valence-corrected chi connectivity index (χ3v) is 11.6. The number of nitro benzene ring substituents is 1. The minimum atomic E-state index is -4.39. The molecule has 0 bridgehead atoms. The van der Waals surface area contributed by atoms with Gasteiger partial charge in [0.25, 0.3) is 21.6 Å². The number of halogens is 1. The van der Waals surface area contributed by atoms with Crippen molar-refractivity contribution in [1.29, 1.82) is 0 Å². The SMILES string of the molecule is O=C(NS(=O)(=O)c1ccc(NCCSc2ccccc2)c([N+](=O)[O-])c1)c1ccc(N2CCC(OCCc3ccccc3-c3ccc(Cl)cc3)CC2)cc1. The summed E-state index contributed by atoms with van der Waals surface area (Å²) in [5, 5.41) is 15.5. The lowest BCUT2D eigenvalue weighted by Gasteiger charge is -2.33. The molecule has 1 amide bonds. The Bertz CT molecular complexity index is 2130. The van der Waals surface area contributed by atoms with Gasteiger partial charge in [-0.25, -0.2) is 13.1 Å². The fourth-order valence-corrected chi connectivity index (χ4v) is 8.09. The van der Waals surface area contributed by atoms with Crippen LogP contribution in [0.1, 0.15) is 28.8 Å². The highest BCUT2D eigenvalue weighted by Gasteiger charge is 2.25. The minimum absolute atomic E-state index is 0.142. The molecule has 0 radical (unpaired) electrons. The number of nitro groups is 1. The number of piperidine rings is 1. The van der Waals surface area contributed by atoms with Crippen molar-refractivity contribution < 1.29 is 22.9 Å². The average Bonchev–Trinajstić information content (AvgIpc) is 3.17. The zero-order chi connectivity index (χ0) is 37.2. The molecule has 2 N–H and O–H groups in total. The Balaban J connectivity index is 0.977. The van der Waals surface area contributed by atoms with Crippen LogP contribution in [0, 0.1) is 10.1 Å². The highest BCUT2D eigenvalue weighted by Crippen LogP contribution is 2.29. The molecule has 0 aromatic heterocycles. The quantitative estimate of drug-likeness (QED) is 0.0466. The number of ether oxygens (including phenoxy) is 1. The van der Waals surface area contributed by atoms with E-state index < -0.39 is 26.5 Å². The molecule has 13 heteroatoms. The lowest BCUT2D eigenvalue weighted by atomic mass is 9.98. The number of hydrogen-bond donors (Lipinski definition) is 2. The summed E-state index contributed by atoms with van der Waals surface area (Å²) in [5.41, 5.74) is 4.38. The predicted octanol–water partition coefficient (Wildman–Crippen LogP) is 8.47. The van der Waals surface area contributed by atoms with Gasteiger partial charge in [-0.05, 0) is 96.6 Å². The number of nitrogens with zero attached hydrogens (tertiary/aromatic N) is 2. The number of carbonyl (C=O) groups is 1. The van der Waals surface area contributed by atoms with Gasteiger partial charge in [-0.1, -0.05) is 66.2 Å². The van der Waals surface area contributed by atoms with Gasteiger partial charge in [-0.3, -0.25) is 14.9 Å². The van der Waals surface area contributed by atoms with E-state index in [9.17, 15) is 23.3 Å². The van der Waals surface area contributed by atoms with Crippen LogP contribution in [0.2, 0.25) is 5.02 Å². The van der Waals surface area contributed by atoms with Gasteiger partial charge in [0.2, 0.25) is 0 Å². The Kier molecular flexibility index (Phi) is 12.7. The maximum atomic E-state index is 13.1. The molecule has 53 heavy (non-hydrogen) atoms. The third kappa shape index (κ3) is 10.2. The van der Waals surface area contributed by atoms with Crippen LogP contribution >= 0.6 is 23.4 Å². The van der Waals surface area contributed by atoms with Crippen molar-refractivity contribution in [3.05, 3.63) is 148 Å². The van der Waals surface area contributed by atoms with Crippen LogP contribution < -0.4 is 14.9 Å². The number of rotatable bonds is 15. The molecule has 5 aromatic carbocycles. The Labute approximate surface area is 318 Å². The van der Waals surface area contributed by atoms with Crippen LogP contribution in [0.15, 0.2) is 131 Å². The number of nitrogens with one attached hydrogen (secondary N) is 2. The van der Waals surface area contributed by atoms with E-state index in [1.165, 1.54) is 23.3 Å². The number of carbonyl (C=O) groups excluding carboxylic acids is 1. The highest BCUT2D eigenvalue weighted by atomic mass is 35.5. The van der Waals surface area contributed by atoms with Crippen molar-refractivity contribution in [1.82, 2.24) is 4.72 Å². The summed E-state index contributed by atoms with van der Waals surface area (Å²) < 4.78 is 34.5. The lowest BCUT2D eigenvalue weighted by Crippen LogP contribution is -2.37. The first-order valence-corrected chi connectivity index (χ1v) is 20.1. The molecule has 0 saturated carbocycles. The van der Waals surface area contributed by atoms with Crippen molar-refractivity contribution >= 4 is 56.4 Å².